The Hall–Kier alpha value is -3.41. The minimum absolute atomic E-state index is 0.569. The van der Waals surface area contributed by atoms with E-state index in [9.17, 15) is 0 Å². The summed E-state index contributed by atoms with van der Waals surface area (Å²) < 4.78 is 5.30. The molecule has 118 valence electrons. The summed E-state index contributed by atoms with van der Waals surface area (Å²) in [5.74, 6) is 2.27. The van der Waals surface area contributed by atoms with E-state index in [-0.39, 0.29) is 0 Å². The van der Waals surface area contributed by atoms with Crippen LogP contribution in [0.4, 0.5) is 17.3 Å². The minimum Gasteiger partial charge on any atom is -0.467 e. The molecule has 6 heteroatoms. The van der Waals surface area contributed by atoms with Crippen molar-refractivity contribution < 1.29 is 4.42 Å². The normalized spacial score (nSPS) is 10.7. The predicted octanol–water partition coefficient (Wildman–Crippen LogP) is 3.97. The van der Waals surface area contributed by atoms with E-state index in [0.29, 0.717) is 12.4 Å². The Balaban J connectivity index is 1.55. The van der Waals surface area contributed by atoms with Crippen LogP contribution in [0.3, 0.4) is 0 Å². The van der Waals surface area contributed by atoms with Crippen molar-refractivity contribution >= 4 is 28.2 Å². The van der Waals surface area contributed by atoms with Crippen LogP contribution in [0.2, 0.25) is 0 Å². The molecule has 1 aromatic carbocycles. The molecule has 0 amide bonds. The third-order valence-corrected chi connectivity index (χ3v) is 3.59. The zero-order valence-electron chi connectivity index (χ0n) is 12.8. The number of pyridine rings is 1. The molecule has 0 bridgehead atoms. The SMILES string of the molecule is c1coc(CNc2cc(Nc3cccc4cccnc34)ncn2)c1. The Labute approximate surface area is 138 Å². The Kier molecular flexibility index (Phi) is 3.77. The first-order valence-corrected chi connectivity index (χ1v) is 7.57. The molecule has 0 unspecified atom stereocenters. The van der Waals surface area contributed by atoms with E-state index in [2.05, 4.69) is 25.6 Å². The fraction of sp³-hybridized carbons (Fsp3) is 0.0556. The number of nitrogens with one attached hydrogen (secondary N) is 2. The molecule has 2 N–H and O–H groups in total. The van der Waals surface area contributed by atoms with Crippen molar-refractivity contribution in [1.29, 1.82) is 0 Å². The van der Waals surface area contributed by atoms with E-state index in [1.165, 1.54) is 6.33 Å². The van der Waals surface area contributed by atoms with Gasteiger partial charge in [0.25, 0.3) is 0 Å². The van der Waals surface area contributed by atoms with Gasteiger partial charge in [-0.15, -0.1) is 0 Å². The monoisotopic (exact) mass is 317 g/mol. The molecule has 24 heavy (non-hydrogen) atoms. The topological polar surface area (TPSA) is 75.9 Å². The van der Waals surface area contributed by atoms with Crippen molar-refractivity contribution in [3.05, 3.63) is 73.1 Å². The zero-order valence-corrected chi connectivity index (χ0v) is 12.8. The lowest BCUT2D eigenvalue weighted by Gasteiger charge is -2.09. The van der Waals surface area contributed by atoms with Gasteiger partial charge in [-0.3, -0.25) is 4.98 Å². The maximum atomic E-state index is 5.30. The van der Waals surface area contributed by atoms with E-state index in [4.69, 9.17) is 4.42 Å². The fourth-order valence-electron chi connectivity index (χ4n) is 2.46. The summed E-state index contributed by atoms with van der Waals surface area (Å²) in [6.45, 7) is 0.569. The van der Waals surface area contributed by atoms with Crippen molar-refractivity contribution in [2.75, 3.05) is 10.6 Å². The third kappa shape index (κ3) is 3.03. The van der Waals surface area contributed by atoms with Crippen LogP contribution in [0.1, 0.15) is 5.76 Å². The second kappa shape index (κ2) is 6.37. The number of furan rings is 1. The highest BCUT2D eigenvalue weighted by Gasteiger charge is 2.04. The fourth-order valence-corrected chi connectivity index (χ4v) is 2.46. The summed E-state index contributed by atoms with van der Waals surface area (Å²) in [7, 11) is 0. The molecule has 4 aromatic rings. The standard InChI is InChI=1S/C18H15N5O/c1-4-13-5-2-8-19-18(13)15(7-1)23-17-10-16(21-12-22-17)20-11-14-6-3-9-24-14/h1-10,12H,11H2,(H2,20,21,22,23). The van der Waals surface area contributed by atoms with Gasteiger partial charge in [0.05, 0.1) is 24.0 Å². The number of hydrogen-bond acceptors (Lipinski definition) is 6. The summed E-state index contributed by atoms with van der Waals surface area (Å²) >= 11 is 0. The zero-order chi connectivity index (χ0) is 16.2. The van der Waals surface area contributed by atoms with Crippen molar-refractivity contribution in [2.45, 2.75) is 6.54 Å². The average molecular weight is 317 g/mol. The van der Waals surface area contributed by atoms with Gasteiger partial charge >= 0.3 is 0 Å². The molecular formula is C18H15N5O. The van der Waals surface area contributed by atoms with Gasteiger partial charge in [-0.1, -0.05) is 18.2 Å². The van der Waals surface area contributed by atoms with Crippen LogP contribution in [-0.4, -0.2) is 15.0 Å². The van der Waals surface area contributed by atoms with E-state index < -0.39 is 0 Å². The Morgan fingerprint density at radius 1 is 0.917 bits per heavy atom. The van der Waals surface area contributed by atoms with Gasteiger partial charge in [-0.05, 0) is 24.3 Å². The smallest absolute Gasteiger partial charge is 0.135 e. The number of benzene rings is 1. The van der Waals surface area contributed by atoms with Gasteiger partial charge in [0, 0.05) is 17.6 Å². The highest BCUT2D eigenvalue weighted by atomic mass is 16.3. The maximum Gasteiger partial charge on any atom is 0.135 e. The van der Waals surface area contributed by atoms with Crippen LogP contribution in [0.25, 0.3) is 10.9 Å². The number of para-hydroxylation sites is 1. The molecule has 6 nitrogen and oxygen atoms in total. The van der Waals surface area contributed by atoms with Gasteiger partial charge in [-0.2, -0.15) is 0 Å². The molecule has 0 aliphatic rings. The van der Waals surface area contributed by atoms with Crippen LogP contribution >= 0.6 is 0 Å². The van der Waals surface area contributed by atoms with Crippen LogP contribution in [0.5, 0.6) is 0 Å². The summed E-state index contributed by atoms with van der Waals surface area (Å²) in [5.41, 5.74) is 1.81. The molecule has 0 radical (unpaired) electrons. The van der Waals surface area contributed by atoms with E-state index >= 15 is 0 Å². The van der Waals surface area contributed by atoms with E-state index in [1.54, 1.807) is 12.5 Å². The molecular weight excluding hydrogens is 302 g/mol. The Morgan fingerprint density at radius 3 is 2.75 bits per heavy atom. The molecule has 0 aliphatic carbocycles. The molecule has 0 aliphatic heterocycles. The van der Waals surface area contributed by atoms with Crippen molar-refractivity contribution in [1.82, 2.24) is 15.0 Å². The van der Waals surface area contributed by atoms with Crippen LogP contribution in [-0.2, 0) is 6.54 Å². The predicted molar refractivity (Wildman–Crippen MR) is 93.1 cm³/mol. The number of aromatic nitrogens is 3. The highest BCUT2D eigenvalue weighted by molar-refractivity contribution is 5.91. The lowest BCUT2D eigenvalue weighted by Crippen LogP contribution is -2.02. The van der Waals surface area contributed by atoms with Crippen LogP contribution in [0.15, 0.2) is 71.7 Å². The Morgan fingerprint density at radius 2 is 1.83 bits per heavy atom. The minimum atomic E-state index is 0.569. The first-order chi connectivity index (χ1) is 11.9. The molecule has 0 saturated carbocycles. The second-order valence-corrected chi connectivity index (χ2v) is 5.23. The number of rotatable bonds is 5. The molecule has 4 rings (SSSR count). The van der Waals surface area contributed by atoms with Crippen molar-refractivity contribution in [3.8, 4) is 0 Å². The lowest BCUT2D eigenvalue weighted by molar-refractivity contribution is 0.518. The molecule has 0 fully saturated rings. The average Bonchev–Trinajstić information content (AvgIpc) is 3.14. The van der Waals surface area contributed by atoms with Crippen molar-refractivity contribution in [3.63, 3.8) is 0 Å². The molecule has 0 atom stereocenters. The largest absolute Gasteiger partial charge is 0.467 e. The molecule has 0 saturated heterocycles. The quantitative estimate of drug-likeness (QED) is 0.580. The third-order valence-electron chi connectivity index (χ3n) is 3.59. The summed E-state index contributed by atoms with van der Waals surface area (Å²) in [5, 5.41) is 7.59. The molecule has 3 aromatic heterocycles. The maximum absolute atomic E-state index is 5.30. The van der Waals surface area contributed by atoms with Crippen LogP contribution < -0.4 is 10.6 Å². The van der Waals surface area contributed by atoms with Gasteiger partial charge in [-0.25, -0.2) is 9.97 Å². The first kappa shape index (κ1) is 14.2. The van der Waals surface area contributed by atoms with Gasteiger partial charge in [0.2, 0.25) is 0 Å². The summed E-state index contributed by atoms with van der Waals surface area (Å²) in [4.78, 5) is 12.9. The molecule has 3 heterocycles. The van der Waals surface area contributed by atoms with Crippen LogP contribution in [0, 0.1) is 0 Å². The molecule has 0 spiro atoms. The van der Waals surface area contributed by atoms with Gasteiger partial charge in [0.15, 0.2) is 0 Å². The first-order valence-electron chi connectivity index (χ1n) is 7.57. The summed E-state index contributed by atoms with van der Waals surface area (Å²) in [6, 6.07) is 15.6. The number of fused-ring (bicyclic) bond motifs is 1. The Bertz CT molecular complexity index is 947. The number of anilines is 3. The lowest BCUT2D eigenvalue weighted by atomic mass is 10.2. The van der Waals surface area contributed by atoms with Gasteiger partial charge in [0.1, 0.15) is 23.7 Å². The van der Waals surface area contributed by atoms with E-state index in [0.717, 1.165) is 28.2 Å². The van der Waals surface area contributed by atoms with Gasteiger partial charge < -0.3 is 15.1 Å². The van der Waals surface area contributed by atoms with E-state index in [1.807, 2.05) is 48.5 Å². The summed E-state index contributed by atoms with van der Waals surface area (Å²) in [6.07, 6.45) is 4.95. The number of nitrogens with zero attached hydrogens (tertiary/aromatic N) is 3. The number of hydrogen-bond donors (Lipinski definition) is 2. The highest BCUT2D eigenvalue weighted by Crippen LogP contribution is 2.24. The van der Waals surface area contributed by atoms with Crippen molar-refractivity contribution in [2.24, 2.45) is 0 Å². The second-order valence-electron chi connectivity index (χ2n) is 5.23.